The van der Waals surface area contributed by atoms with E-state index in [0.717, 1.165) is 0 Å². The van der Waals surface area contributed by atoms with Gasteiger partial charge in [0.2, 0.25) is 0 Å². The number of aliphatic hydroxyl groups is 2. The fourth-order valence-electron chi connectivity index (χ4n) is 1.38. The lowest BCUT2D eigenvalue weighted by Crippen LogP contribution is -2.27. The Kier molecular flexibility index (Phi) is 6.56. The third-order valence-corrected chi connectivity index (χ3v) is 2.42. The summed E-state index contributed by atoms with van der Waals surface area (Å²) in [6, 6.07) is 8.30. The number of nitrogens with one attached hydrogen (secondary N) is 1. The van der Waals surface area contributed by atoms with Gasteiger partial charge in [0.05, 0.1) is 18.3 Å². The van der Waals surface area contributed by atoms with Gasteiger partial charge in [0, 0.05) is 6.42 Å². The zero-order chi connectivity index (χ0) is 14.1. The minimum absolute atomic E-state index is 0.110. The summed E-state index contributed by atoms with van der Waals surface area (Å²) in [5, 5.41) is 17.7. The van der Waals surface area contributed by atoms with E-state index in [1.807, 2.05) is 5.48 Å². The van der Waals surface area contributed by atoms with Gasteiger partial charge in [-0.15, -0.1) is 0 Å². The molecule has 0 radical (unpaired) electrons. The van der Waals surface area contributed by atoms with Crippen LogP contribution in [0.2, 0.25) is 0 Å². The van der Waals surface area contributed by atoms with Crippen molar-refractivity contribution >= 4 is 11.9 Å². The first-order valence-electron chi connectivity index (χ1n) is 5.97. The van der Waals surface area contributed by atoms with E-state index in [4.69, 9.17) is 10.2 Å². The molecule has 1 amide bonds. The Labute approximate surface area is 111 Å². The van der Waals surface area contributed by atoms with E-state index in [9.17, 15) is 9.59 Å². The third-order valence-electron chi connectivity index (χ3n) is 2.42. The Morgan fingerprint density at radius 1 is 1.26 bits per heavy atom. The first kappa shape index (κ1) is 15.1. The number of carbonyl (C=O) groups excluding carboxylic acids is 2. The van der Waals surface area contributed by atoms with Gasteiger partial charge < -0.3 is 15.1 Å². The summed E-state index contributed by atoms with van der Waals surface area (Å²) in [4.78, 5) is 27.4. The van der Waals surface area contributed by atoms with Gasteiger partial charge in [-0.05, 0) is 25.0 Å². The van der Waals surface area contributed by atoms with E-state index < -0.39 is 18.0 Å². The maximum absolute atomic E-state index is 11.5. The van der Waals surface area contributed by atoms with Crippen LogP contribution in [0.4, 0.5) is 0 Å². The first-order valence-corrected chi connectivity index (χ1v) is 5.97. The second-order valence-electron chi connectivity index (χ2n) is 4.01. The van der Waals surface area contributed by atoms with Gasteiger partial charge >= 0.3 is 5.97 Å². The monoisotopic (exact) mass is 267 g/mol. The summed E-state index contributed by atoms with van der Waals surface area (Å²) < 4.78 is 0. The van der Waals surface area contributed by atoms with Gasteiger partial charge in [0.25, 0.3) is 5.91 Å². The minimum Gasteiger partial charge on any atom is -0.394 e. The van der Waals surface area contributed by atoms with Gasteiger partial charge in [0.1, 0.15) is 0 Å². The zero-order valence-electron chi connectivity index (χ0n) is 10.4. The maximum atomic E-state index is 11.5. The number of amides is 1. The molecule has 104 valence electrons. The largest absolute Gasteiger partial charge is 0.394 e. The van der Waals surface area contributed by atoms with Crippen LogP contribution in [-0.4, -0.2) is 34.8 Å². The molecule has 0 saturated carbocycles. The molecular formula is C13H17NO5. The number of carbonyl (C=O) groups is 2. The predicted octanol–water partition coefficient (Wildman–Crippen LogP) is 0.398. The molecule has 0 heterocycles. The van der Waals surface area contributed by atoms with Crippen LogP contribution in [0, 0.1) is 0 Å². The average molecular weight is 267 g/mol. The molecule has 0 saturated heterocycles. The molecule has 6 heteroatoms. The summed E-state index contributed by atoms with van der Waals surface area (Å²) in [5.74, 6) is -1.08. The lowest BCUT2D eigenvalue weighted by atomic mass is 10.1. The molecule has 0 aliphatic carbocycles. The SMILES string of the molecule is O=C(CCCC(O)CO)NOC(=O)c1ccccc1. The maximum Gasteiger partial charge on any atom is 0.362 e. The lowest BCUT2D eigenvalue weighted by molar-refractivity contribution is -0.130. The highest BCUT2D eigenvalue weighted by Crippen LogP contribution is 2.02. The second kappa shape index (κ2) is 8.23. The Morgan fingerprint density at radius 3 is 2.58 bits per heavy atom. The fraction of sp³-hybridized carbons (Fsp3) is 0.385. The molecule has 1 unspecified atom stereocenters. The van der Waals surface area contributed by atoms with Crippen molar-refractivity contribution in [1.82, 2.24) is 5.48 Å². The van der Waals surface area contributed by atoms with Crippen molar-refractivity contribution in [3.8, 4) is 0 Å². The number of benzene rings is 1. The average Bonchev–Trinajstić information content (AvgIpc) is 2.45. The van der Waals surface area contributed by atoms with E-state index in [1.165, 1.54) is 0 Å². The van der Waals surface area contributed by atoms with Gasteiger partial charge in [0.15, 0.2) is 0 Å². The van der Waals surface area contributed by atoms with Crippen molar-refractivity contribution in [2.45, 2.75) is 25.4 Å². The van der Waals surface area contributed by atoms with Crippen LogP contribution in [0.25, 0.3) is 0 Å². The molecule has 1 aromatic rings. The normalized spacial score (nSPS) is 11.7. The highest BCUT2D eigenvalue weighted by Gasteiger charge is 2.09. The van der Waals surface area contributed by atoms with Crippen LogP contribution in [0.15, 0.2) is 30.3 Å². The minimum atomic E-state index is -0.820. The quantitative estimate of drug-likeness (QED) is 0.648. The Bertz CT molecular complexity index is 407. The van der Waals surface area contributed by atoms with Crippen molar-refractivity contribution in [3.05, 3.63) is 35.9 Å². The van der Waals surface area contributed by atoms with E-state index in [0.29, 0.717) is 18.4 Å². The summed E-state index contributed by atoms with van der Waals surface area (Å²) >= 11 is 0. The van der Waals surface area contributed by atoms with E-state index in [2.05, 4.69) is 4.84 Å². The Balaban J connectivity index is 2.22. The molecule has 0 aliphatic rings. The summed E-state index contributed by atoms with van der Waals surface area (Å²) in [5.41, 5.74) is 2.39. The summed E-state index contributed by atoms with van der Waals surface area (Å²) in [6.45, 7) is -0.329. The van der Waals surface area contributed by atoms with Crippen LogP contribution in [0.3, 0.4) is 0 Å². The van der Waals surface area contributed by atoms with Gasteiger partial charge in [-0.25, -0.2) is 4.79 Å². The standard InChI is InChI=1S/C13H17NO5/c15-9-11(16)7-4-8-12(17)14-19-13(18)10-5-2-1-3-6-10/h1-3,5-6,11,15-16H,4,7-9H2,(H,14,17). The summed E-state index contributed by atoms with van der Waals surface area (Å²) in [7, 11) is 0. The number of aliphatic hydroxyl groups excluding tert-OH is 2. The number of hydrogen-bond acceptors (Lipinski definition) is 5. The number of hydroxylamine groups is 1. The highest BCUT2D eigenvalue weighted by molar-refractivity contribution is 5.90. The van der Waals surface area contributed by atoms with Crippen molar-refractivity contribution in [1.29, 1.82) is 0 Å². The summed E-state index contributed by atoms with van der Waals surface area (Å²) in [6.07, 6.45) is 0.00577. The Morgan fingerprint density at radius 2 is 1.95 bits per heavy atom. The fourth-order valence-corrected chi connectivity index (χ4v) is 1.38. The first-order chi connectivity index (χ1) is 9.13. The van der Waals surface area contributed by atoms with Crippen molar-refractivity contribution in [2.24, 2.45) is 0 Å². The topological polar surface area (TPSA) is 95.9 Å². The Hall–Kier alpha value is -1.92. The molecule has 3 N–H and O–H groups in total. The van der Waals surface area contributed by atoms with E-state index in [1.54, 1.807) is 30.3 Å². The molecule has 6 nitrogen and oxygen atoms in total. The van der Waals surface area contributed by atoms with Crippen LogP contribution >= 0.6 is 0 Å². The third kappa shape index (κ3) is 5.98. The molecule has 0 spiro atoms. The molecule has 19 heavy (non-hydrogen) atoms. The predicted molar refractivity (Wildman–Crippen MR) is 66.9 cm³/mol. The van der Waals surface area contributed by atoms with Crippen molar-refractivity contribution < 1.29 is 24.6 Å². The van der Waals surface area contributed by atoms with Gasteiger partial charge in [-0.3, -0.25) is 4.79 Å². The number of rotatable bonds is 6. The van der Waals surface area contributed by atoms with Crippen LogP contribution in [0.1, 0.15) is 29.6 Å². The van der Waals surface area contributed by atoms with Gasteiger partial charge in [-0.2, -0.15) is 5.48 Å². The van der Waals surface area contributed by atoms with E-state index in [-0.39, 0.29) is 13.0 Å². The van der Waals surface area contributed by atoms with Crippen molar-refractivity contribution in [2.75, 3.05) is 6.61 Å². The molecule has 1 rings (SSSR count). The zero-order valence-corrected chi connectivity index (χ0v) is 10.4. The van der Waals surface area contributed by atoms with Gasteiger partial charge in [-0.1, -0.05) is 18.2 Å². The van der Waals surface area contributed by atoms with Crippen molar-refractivity contribution in [3.63, 3.8) is 0 Å². The lowest BCUT2D eigenvalue weighted by Gasteiger charge is -2.07. The molecule has 1 aromatic carbocycles. The van der Waals surface area contributed by atoms with E-state index >= 15 is 0 Å². The number of hydrogen-bond donors (Lipinski definition) is 3. The second-order valence-corrected chi connectivity index (χ2v) is 4.01. The smallest absolute Gasteiger partial charge is 0.362 e. The molecule has 0 bridgehead atoms. The molecule has 0 fully saturated rings. The molecule has 1 atom stereocenters. The molecular weight excluding hydrogens is 250 g/mol. The van der Waals surface area contributed by atoms with Crippen LogP contribution in [-0.2, 0) is 9.63 Å². The molecule has 0 aliphatic heterocycles. The molecule has 0 aromatic heterocycles. The highest BCUT2D eigenvalue weighted by atomic mass is 16.7. The van der Waals surface area contributed by atoms with Crippen LogP contribution in [0.5, 0.6) is 0 Å². The van der Waals surface area contributed by atoms with Crippen LogP contribution < -0.4 is 5.48 Å².